The molecule has 1 aromatic carbocycles. The Labute approximate surface area is 115 Å². The zero-order valence-corrected chi connectivity index (χ0v) is 11.6. The second kappa shape index (κ2) is 5.93. The van der Waals surface area contributed by atoms with Crippen LogP contribution in [-0.2, 0) is 11.2 Å². The van der Waals surface area contributed by atoms with Crippen LogP contribution < -0.4 is 10.1 Å². The fraction of sp³-hybridized carbons (Fsp3) is 0.625. The van der Waals surface area contributed by atoms with Gasteiger partial charge in [0.15, 0.2) is 0 Å². The zero-order chi connectivity index (χ0) is 13.1. The van der Waals surface area contributed by atoms with Crippen molar-refractivity contribution in [3.63, 3.8) is 0 Å². The molecule has 1 saturated heterocycles. The van der Waals surface area contributed by atoms with Gasteiger partial charge in [-0.1, -0.05) is 25.1 Å². The maximum absolute atomic E-state index is 5.96. The molecule has 0 aromatic heterocycles. The van der Waals surface area contributed by atoms with Crippen LogP contribution in [0.3, 0.4) is 0 Å². The Morgan fingerprint density at radius 1 is 1.26 bits per heavy atom. The summed E-state index contributed by atoms with van der Waals surface area (Å²) in [4.78, 5) is 0. The van der Waals surface area contributed by atoms with E-state index in [0.717, 1.165) is 44.6 Å². The van der Waals surface area contributed by atoms with E-state index >= 15 is 0 Å². The predicted octanol–water partition coefficient (Wildman–Crippen LogP) is 2.54. The third-order valence-corrected chi connectivity index (χ3v) is 4.17. The second-order valence-electron chi connectivity index (χ2n) is 5.58. The minimum Gasteiger partial charge on any atom is -0.488 e. The Kier molecular flexibility index (Phi) is 4.04. The first kappa shape index (κ1) is 12.9. The topological polar surface area (TPSA) is 30.5 Å². The molecule has 1 aromatic rings. The molecule has 3 atom stereocenters. The van der Waals surface area contributed by atoms with Crippen molar-refractivity contribution in [3.8, 4) is 5.75 Å². The lowest BCUT2D eigenvalue weighted by Crippen LogP contribution is -2.42. The number of nitrogens with one attached hydrogen (secondary N) is 1. The maximum Gasteiger partial charge on any atom is 0.123 e. The molecule has 0 amide bonds. The van der Waals surface area contributed by atoms with Gasteiger partial charge in [-0.15, -0.1) is 0 Å². The molecular formula is C16H23NO2. The molecule has 3 rings (SSSR count). The molecule has 2 aliphatic heterocycles. The number of ether oxygens (including phenoxy) is 2. The summed E-state index contributed by atoms with van der Waals surface area (Å²) >= 11 is 0. The van der Waals surface area contributed by atoms with E-state index in [-0.39, 0.29) is 0 Å². The summed E-state index contributed by atoms with van der Waals surface area (Å²) in [7, 11) is 0. The fourth-order valence-corrected chi connectivity index (χ4v) is 3.02. The van der Waals surface area contributed by atoms with Gasteiger partial charge in [0.1, 0.15) is 11.9 Å². The largest absolute Gasteiger partial charge is 0.488 e. The molecule has 19 heavy (non-hydrogen) atoms. The van der Waals surface area contributed by atoms with Crippen molar-refractivity contribution in [1.82, 2.24) is 5.32 Å². The average molecular weight is 261 g/mol. The van der Waals surface area contributed by atoms with Crippen LogP contribution in [0.2, 0.25) is 0 Å². The monoisotopic (exact) mass is 261 g/mol. The van der Waals surface area contributed by atoms with Gasteiger partial charge in [0.2, 0.25) is 0 Å². The average Bonchev–Trinajstić information content (AvgIpc) is 2.88. The lowest BCUT2D eigenvalue weighted by atomic mass is 10.0. The number of benzene rings is 1. The second-order valence-corrected chi connectivity index (χ2v) is 5.58. The van der Waals surface area contributed by atoms with Crippen molar-refractivity contribution in [2.24, 2.45) is 0 Å². The van der Waals surface area contributed by atoms with Crippen LogP contribution in [0.25, 0.3) is 0 Å². The molecule has 0 aliphatic carbocycles. The van der Waals surface area contributed by atoms with Gasteiger partial charge in [-0.25, -0.2) is 0 Å². The first-order valence-corrected chi connectivity index (χ1v) is 7.44. The highest BCUT2D eigenvalue weighted by atomic mass is 16.5. The summed E-state index contributed by atoms with van der Waals surface area (Å²) in [6, 6.07) is 8.95. The highest BCUT2D eigenvalue weighted by Crippen LogP contribution is 2.28. The van der Waals surface area contributed by atoms with E-state index in [1.165, 1.54) is 5.56 Å². The zero-order valence-electron chi connectivity index (χ0n) is 11.6. The van der Waals surface area contributed by atoms with E-state index in [4.69, 9.17) is 9.47 Å². The quantitative estimate of drug-likeness (QED) is 0.903. The van der Waals surface area contributed by atoms with Crippen molar-refractivity contribution in [1.29, 1.82) is 0 Å². The first-order chi connectivity index (χ1) is 9.35. The summed E-state index contributed by atoms with van der Waals surface area (Å²) in [5.74, 6) is 1.06. The lowest BCUT2D eigenvalue weighted by molar-refractivity contribution is -0.00130. The Bertz CT molecular complexity index is 396. The van der Waals surface area contributed by atoms with Crippen molar-refractivity contribution in [2.75, 3.05) is 13.2 Å². The van der Waals surface area contributed by atoms with Crippen molar-refractivity contribution in [3.05, 3.63) is 29.8 Å². The van der Waals surface area contributed by atoms with E-state index in [2.05, 4.69) is 30.4 Å². The number of fused-ring (bicyclic) bond motifs is 1. The van der Waals surface area contributed by atoms with Gasteiger partial charge in [-0.3, -0.25) is 0 Å². The molecule has 1 fully saturated rings. The Hall–Kier alpha value is -1.06. The molecule has 0 bridgehead atoms. The Morgan fingerprint density at radius 2 is 2.16 bits per heavy atom. The van der Waals surface area contributed by atoms with Gasteiger partial charge < -0.3 is 14.8 Å². The highest BCUT2D eigenvalue weighted by molar-refractivity contribution is 5.37. The van der Waals surface area contributed by atoms with Crippen LogP contribution in [0.15, 0.2) is 24.3 Å². The first-order valence-electron chi connectivity index (χ1n) is 7.44. The number of hydrogen-bond acceptors (Lipinski definition) is 3. The lowest BCUT2D eigenvalue weighted by Gasteiger charge is -2.30. The Morgan fingerprint density at radius 3 is 3.00 bits per heavy atom. The summed E-state index contributed by atoms with van der Waals surface area (Å²) in [6.45, 7) is 4.03. The van der Waals surface area contributed by atoms with E-state index < -0.39 is 0 Å². The van der Waals surface area contributed by atoms with E-state index in [9.17, 15) is 0 Å². The summed E-state index contributed by atoms with van der Waals surface area (Å²) < 4.78 is 11.7. The van der Waals surface area contributed by atoms with Crippen LogP contribution in [0.5, 0.6) is 5.75 Å². The molecule has 3 nitrogen and oxygen atoms in total. The molecule has 0 radical (unpaired) electrons. The molecule has 0 saturated carbocycles. The Balaban J connectivity index is 1.46. The van der Waals surface area contributed by atoms with Gasteiger partial charge in [-0.2, -0.15) is 0 Å². The molecule has 2 aliphatic rings. The van der Waals surface area contributed by atoms with Gasteiger partial charge in [0.25, 0.3) is 0 Å². The van der Waals surface area contributed by atoms with Crippen molar-refractivity contribution in [2.45, 2.75) is 50.9 Å². The molecule has 104 valence electrons. The van der Waals surface area contributed by atoms with E-state index in [1.54, 1.807) is 0 Å². The van der Waals surface area contributed by atoms with Crippen molar-refractivity contribution < 1.29 is 9.47 Å². The van der Waals surface area contributed by atoms with E-state index in [1.807, 2.05) is 6.07 Å². The summed E-state index contributed by atoms with van der Waals surface area (Å²) in [5.41, 5.74) is 1.34. The van der Waals surface area contributed by atoms with Crippen LogP contribution in [-0.4, -0.2) is 31.4 Å². The fourth-order valence-electron chi connectivity index (χ4n) is 3.02. The third kappa shape index (κ3) is 3.10. The minimum absolute atomic E-state index is 0.292. The van der Waals surface area contributed by atoms with Crippen LogP contribution in [0.1, 0.15) is 31.7 Å². The SMILES string of the molecule is CCC1CC(NCC2Cc3ccccc3O2)CCO1. The minimum atomic E-state index is 0.292. The van der Waals surface area contributed by atoms with E-state index in [0.29, 0.717) is 18.2 Å². The standard InChI is InChI=1S/C16H23NO2/c1-2-14-10-13(7-8-18-14)17-11-15-9-12-5-3-4-6-16(12)19-15/h3-6,13-15,17H,2,7-11H2,1H3. The third-order valence-electron chi connectivity index (χ3n) is 4.17. The molecule has 1 N–H and O–H groups in total. The highest BCUT2D eigenvalue weighted by Gasteiger charge is 2.25. The van der Waals surface area contributed by atoms with Crippen LogP contribution in [0.4, 0.5) is 0 Å². The number of hydrogen-bond donors (Lipinski definition) is 1. The summed E-state index contributed by atoms with van der Waals surface area (Å²) in [5, 5.41) is 3.66. The van der Waals surface area contributed by atoms with Crippen LogP contribution >= 0.6 is 0 Å². The normalized spacial score (nSPS) is 29.8. The summed E-state index contributed by atoms with van der Waals surface area (Å²) in [6.07, 6.45) is 5.13. The van der Waals surface area contributed by atoms with Gasteiger partial charge in [0, 0.05) is 25.6 Å². The van der Waals surface area contributed by atoms with Gasteiger partial charge in [0.05, 0.1) is 6.10 Å². The maximum atomic E-state index is 5.96. The van der Waals surface area contributed by atoms with Gasteiger partial charge in [-0.05, 0) is 30.9 Å². The predicted molar refractivity (Wildman–Crippen MR) is 75.6 cm³/mol. The number of para-hydroxylation sites is 1. The molecule has 2 heterocycles. The molecule has 3 unspecified atom stereocenters. The molecule has 0 spiro atoms. The smallest absolute Gasteiger partial charge is 0.123 e. The van der Waals surface area contributed by atoms with Gasteiger partial charge >= 0.3 is 0 Å². The molecule has 3 heteroatoms. The van der Waals surface area contributed by atoms with Crippen LogP contribution in [0, 0.1) is 0 Å². The van der Waals surface area contributed by atoms with Crippen molar-refractivity contribution >= 4 is 0 Å². The number of rotatable bonds is 4. The molecular weight excluding hydrogens is 238 g/mol.